The second kappa shape index (κ2) is 11.5. The molecule has 3 amide bonds. The molecule has 12 heteroatoms. The summed E-state index contributed by atoms with van der Waals surface area (Å²) in [7, 11) is 0. The van der Waals surface area contributed by atoms with E-state index in [0.29, 0.717) is 45.2 Å². The zero-order valence-electron chi connectivity index (χ0n) is 25.6. The molecule has 3 aliphatic carbocycles. The highest BCUT2D eigenvalue weighted by molar-refractivity contribution is 5.93. The zero-order chi connectivity index (χ0) is 32.1. The number of nitrogens with one attached hydrogen (secondary N) is 1. The molecule has 8 atom stereocenters. The van der Waals surface area contributed by atoms with Gasteiger partial charge in [-0.05, 0) is 49.9 Å². The van der Waals surface area contributed by atoms with E-state index in [0.717, 1.165) is 0 Å². The number of esters is 1. The summed E-state index contributed by atoms with van der Waals surface area (Å²) in [6.45, 7) is 13.4. The highest BCUT2D eigenvalue weighted by Gasteiger charge is 2.69. The number of halogens is 3. The third-order valence-corrected chi connectivity index (χ3v) is 11.5. The summed E-state index contributed by atoms with van der Waals surface area (Å²) in [5.74, 6) is -4.87. The minimum Gasteiger partial charge on any atom is -0.454 e. The van der Waals surface area contributed by atoms with Crippen molar-refractivity contribution in [3.63, 3.8) is 0 Å². The van der Waals surface area contributed by atoms with E-state index >= 15 is 0 Å². The Labute approximate surface area is 250 Å². The van der Waals surface area contributed by atoms with E-state index in [2.05, 4.69) is 11.9 Å². The van der Waals surface area contributed by atoms with Crippen molar-refractivity contribution in [1.29, 1.82) is 0 Å². The average Bonchev–Trinajstić information content (AvgIpc) is 3.29. The van der Waals surface area contributed by atoms with Crippen LogP contribution in [0.25, 0.3) is 0 Å². The summed E-state index contributed by atoms with van der Waals surface area (Å²) >= 11 is 0. The normalized spacial score (nSPS) is 38.3. The first kappa shape index (κ1) is 33.0. The quantitative estimate of drug-likeness (QED) is 0.352. The Morgan fingerprint density at radius 1 is 1.05 bits per heavy atom. The number of nitrogens with zero attached hydrogens (tertiary/aromatic N) is 1. The highest BCUT2D eigenvalue weighted by Crippen LogP contribution is 2.68. The lowest BCUT2D eigenvalue weighted by Gasteiger charge is -2.62. The Kier molecular flexibility index (Phi) is 8.85. The number of hydrogen-bond acceptors (Lipinski definition) is 7. The second-order valence-electron chi connectivity index (χ2n) is 13.6. The lowest BCUT2D eigenvalue weighted by atomic mass is 9.44. The maximum atomic E-state index is 13.6. The van der Waals surface area contributed by atoms with E-state index in [1.54, 1.807) is 18.7 Å². The number of hydrogen-bond donors (Lipinski definition) is 1. The molecule has 1 saturated heterocycles. The highest BCUT2D eigenvalue weighted by atomic mass is 19.4. The Balaban J connectivity index is 1.68. The first-order chi connectivity index (χ1) is 19.9. The van der Waals surface area contributed by atoms with Gasteiger partial charge >= 0.3 is 18.2 Å². The number of Topliss-reactive ketones (excluding diaryl/α,β-unsaturated/α-hetero) is 1. The molecule has 240 valence electrons. The number of rotatable bonds is 4. The molecule has 0 aromatic heterocycles. The lowest BCUT2D eigenvalue weighted by Crippen LogP contribution is -2.64. The van der Waals surface area contributed by atoms with Crippen molar-refractivity contribution in [1.82, 2.24) is 10.2 Å². The van der Waals surface area contributed by atoms with E-state index in [4.69, 9.17) is 9.47 Å². The molecule has 0 radical (unpaired) electrons. The van der Waals surface area contributed by atoms with Gasteiger partial charge in [-0.25, -0.2) is 9.59 Å². The number of likely N-dealkylation sites (tertiary alicyclic amines) is 1. The average molecular weight is 613 g/mol. The molecule has 1 heterocycles. The van der Waals surface area contributed by atoms with Crippen LogP contribution < -0.4 is 5.32 Å². The van der Waals surface area contributed by atoms with E-state index in [1.807, 2.05) is 13.8 Å². The van der Waals surface area contributed by atoms with Crippen molar-refractivity contribution in [2.24, 2.45) is 39.9 Å². The first-order valence-electron chi connectivity index (χ1n) is 15.1. The van der Waals surface area contributed by atoms with Crippen molar-refractivity contribution in [2.75, 3.05) is 13.1 Å². The molecular weight excluding hydrogens is 569 g/mol. The molecule has 0 spiro atoms. The van der Waals surface area contributed by atoms with Crippen molar-refractivity contribution >= 4 is 29.7 Å². The fourth-order valence-electron chi connectivity index (χ4n) is 8.72. The fourth-order valence-corrected chi connectivity index (χ4v) is 8.72. The predicted molar refractivity (Wildman–Crippen MR) is 148 cm³/mol. The Hall–Kier alpha value is -2.92. The fraction of sp³-hybridized carbons (Fsp3) is 0.774. The van der Waals surface area contributed by atoms with Crippen LogP contribution in [0.1, 0.15) is 79.6 Å². The standard InChI is InChI=1S/C31H43F3N2O7/c1-7-28(5)16-22(42-27(41)35-25(39)20-10-14-36(15-11-20)19(4)37)29(6)17(2)8-12-30(13-9-21(38)23(29)30)18(3)24(28)43-26(40)31(32,33)34/h7,17-18,20,22-24H,1,8-16H2,2-6H3,(H,35,39,41)/t17?,18?,22?,23?,24-,28+,29?,30?/m1/s1. The Morgan fingerprint density at radius 3 is 2.23 bits per heavy atom. The van der Waals surface area contributed by atoms with Gasteiger partial charge in [-0.1, -0.05) is 33.8 Å². The summed E-state index contributed by atoms with van der Waals surface area (Å²) < 4.78 is 51.6. The van der Waals surface area contributed by atoms with Crippen molar-refractivity contribution in [3.05, 3.63) is 12.7 Å². The first-order valence-corrected chi connectivity index (χ1v) is 15.1. The molecule has 1 N–H and O–H groups in total. The van der Waals surface area contributed by atoms with Crippen LogP contribution in [0.4, 0.5) is 18.0 Å². The number of piperidine rings is 1. The van der Waals surface area contributed by atoms with Gasteiger partial charge in [0.25, 0.3) is 0 Å². The van der Waals surface area contributed by atoms with Crippen LogP contribution in [0.2, 0.25) is 0 Å². The molecule has 3 saturated carbocycles. The Bertz CT molecular complexity index is 1180. The molecule has 4 rings (SSSR count). The summed E-state index contributed by atoms with van der Waals surface area (Å²) in [5, 5.41) is 2.32. The van der Waals surface area contributed by atoms with Gasteiger partial charge in [-0.3, -0.25) is 19.7 Å². The molecule has 4 aliphatic rings. The van der Waals surface area contributed by atoms with Crippen molar-refractivity contribution in [3.8, 4) is 0 Å². The SMILES string of the molecule is C=C[C@@]1(C)CC(OC(=O)NC(=O)C2CCN(C(C)=O)CC2)C2(C)C(C)CCC3(CCC(=O)C32)C(C)[C@H]1OC(=O)C(F)(F)F. The number of ketones is 1. The van der Waals surface area contributed by atoms with Gasteiger partial charge in [0.2, 0.25) is 11.8 Å². The largest absolute Gasteiger partial charge is 0.490 e. The van der Waals surface area contributed by atoms with Crippen LogP contribution in [-0.2, 0) is 28.7 Å². The predicted octanol–water partition coefficient (Wildman–Crippen LogP) is 4.97. The van der Waals surface area contributed by atoms with E-state index in [-0.39, 0.29) is 30.4 Å². The Morgan fingerprint density at radius 2 is 1.67 bits per heavy atom. The van der Waals surface area contributed by atoms with Gasteiger partial charge in [-0.15, -0.1) is 6.58 Å². The third kappa shape index (κ3) is 5.70. The van der Waals surface area contributed by atoms with Gasteiger partial charge in [0.15, 0.2) is 0 Å². The molecule has 6 unspecified atom stereocenters. The van der Waals surface area contributed by atoms with E-state index < -0.39 is 70.4 Å². The van der Waals surface area contributed by atoms with Crippen LogP contribution in [-0.4, -0.2) is 66.0 Å². The van der Waals surface area contributed by atoms with Crippen LogP contribution in [0.5, 0.6) is 0 Å². The number of ether oxygens (including phenoxy) is 2. The van der Waals surface area contributed by atoms with Gasteiger partial charge < -0.3 is 14.4 Å². The number of amides is 3. The summed E-state index contributed by atoms with van der Waals surface area (Å²) in [4.78, 5) is 65.4. The van der Waals surface area contributed by atoms with Gasteiger partial charge in [0.1, 0.15) is 18.0 Å². The monoisotopic (exact) mass is 612 g/mol. The van der Waals surface area contributed by atoms with Crippen LogP contribution in [0.3, 0.4) is 0 Å². The zero-order valence-corrected chi connectivity index (χ0v) is 25.6. The van der Waals surface area contributed by atoms with Gasteiger partial charge in [0.05, 0.1) is 0 Å². The molecular formula is C31H43F3N2O7. The maximum Gasteiger partial charge on any atom is 0.490 e. The number of alkyl carbamates (subject to hydrolysis) is 1. The second-order valence-corrected chi connectivity index (χ2v) is 13.6. The molecule has 2 bridgehead atoms. The van der Waals surface area contributed by atoms with Crippen LogP contribution in [0.15, 0.2) is 12.7 Å². The molecule has 4 fully saturated rings. The molecule has 43 heavy (non-hydrogen) atoms. The minimum atomic E-state index is -5.22. The minimum absolute atomic E-state index is 0.0497. The van der Waals surface area contributed by atoms with Crippen LogP contribution >= 0.6 is 0 Å². The van der Waals surface area contributed by atoms with E-state index in [9.17, 15) is 37.1 Å². The van der Waals surface area contributed by atoms with E-state index in [1.165, 1.54) is 13.0 Å². The summed E-state index contributed by atoms with van der Waals surface area (Å²) in [6, 6.07) is 0. The molecule has 1 aliphatic heterocycles. The summed E-state index contributed by atoms with van der Waals surface area (Å²) in [6.07, 6.45) is -4.59. The van der Waals surface area contributed by atoms with Crippen molar-refractivity contribution < 1.29 is 46.6 Å². The molecule has 9 nitrogen and oxygen atoms in total. The number of alkyl halides is 3. The van der Waals surface area contributed by atoms with Gasteiger partial charge in [-0.2, -0.15) is 13.2 Å². The number of imide groups is 1. The topological polar surface area (TPSA) is 119 Å². The maximum absolute atomic E-state index is 13.6. The number of carbonyl (C=O) groups excluding carboxylic acids is 5. The van der Waals surface area contributed by atoms with Crippen molar-refractivity contribution in [2.45, 2.75) is 97.9 Å². The molecule has 0 aromatic carbocycles. The smallest absolute Gasteiger partial charge is 0.454 e. The summed E-state index contributed by atoms with van der Waals surface area (Å²) in [5.41, 5.74) is -2.95. The van der Waals surface area contributed by atoms with Crippen LogP contribution in [0, 0.1) is 39.9 Å². The number of carbonyl (C=O) groups is 5. The third-order valence-electron chi connectivity index (χ3n) is 11.5. The van der Waals surface area contributed by atoms with Gasteiger partial charge in [0, 0.05) is 55.0 Å². The molecule has 0 aromatic rings. The lowest BCUT2D eigenvalue weighted by molar-refractivity contribution is -0.229.